The first-order chi connectivity index (χ1) is 7.72. The Bertz CT molecular complexity index is 363. The monoisotopic (exact) mass is 220 g/mol. The Kier molecular flexibility index (Phi) is 3.14. The molecule has 2 aliphatic rings. The molecule has 1 aliphatic carbocycles. The summed E-state index contributed by atoms with van der Waals surface area (Å²) in [5, 5.41) is 2.78. The van der Waals surface area contributed by atoms with E-state index in [-0.39, 0.29) is 24.4 Å². The summed E-state index contributed by atoms with van der Waals surface area (Å²) in [7, 11) is 0. The minimum absolute atomic E-state index is 0.0408. The van der Waals surface area contributed by atoms with E-state index < -0.39 is 0 Å². The predicted molar refractivity (Wildman–Crippen MR) is 59.3 cm³/mol. The van der Waals surface area contributed by atoms with Crippen molar-refractivity contribution >= 4 is 11.8 Å². The van der Waals surface area contributed by atoms with Crippen LogP contribution < -0.4 is 5.32 Å². The molecule has 1 heterocycles. The van der Waals surface area contributed by atoms with Gasteiger partial charge in [-0.25, -0.2) is 0 Å². The third kappa shape index (κ3) is 2.35. The van der Waals surface area contributed by atoms with E-state index in [4.69, 9.17) is 0 Å². The summed E-state index contributed by atoms with van der Waals surface area (Å²) in [6, 6.07) is -0.268. The van der Waals surface area contributed by atoms with Gasteiger partial charge in [0.2, 0.25) is 11.8 Å². The molecule has 16 heavy (non-hydrogen) atoms. The number of nitrogens with zero attached hydrogens (tertiary/aromatic N) is 1. The minimum atomic E-state index is -0.268. The Hall–Kier alpha value is -1.50. The number of amides is 2. The van der Waals surface area contributed by atoms with Crippen LogP contribution in [0.15, 0.2) is 0 Å². The summed E-state index contributed by atoms with van der Waals surface area (Å²) >= 11 is 0. The Balaban J connectivity index is 1.96. The summed E-state index contributed by atoms with van der Waals surface area (Å²) in [5.41, 5.74) is 0. The highest BCUT2D eigenvalue weighted by Crippen LogP contribution is 2.34. The predicted octanol–water partition coefficient (Wildman–Crippen LogP) is 0.137. The molecule has 0 spiro atoms. The van der Waals surface area contributed by atoms with Gasteiger partial charge in [-0.2, -0.15) is 0 Å². The quantitative estimate of drug-likeness (QED) is 0.688. The van der Waals surface area contributed by atoms with Crippen molar-refractivity contribution in [1.29, 1.82) is 0 Å². The van der Waals surface area contributed by atoms with E-state index in [2.05, 4.69) is 17.2 Å². The molecule has 1 unspecified atom stereocenters. The van der Waals surface area contributed by atoms with Crippen LogP contribution in [0.5, 0.6) is 0 Å². The first-order valence-corrected chi connectivity index (χ1v) is 5.70. The molecule has 1 aliphatic heterocycles. The fraction of sp³-hybridized carbons (Fsp3) is 0.667. The van der Waals surface area contributed by atoms with Crippen molar-refractivity contribution in [3.8, 4) is 11.8 Å². The molecule has 1 N–H and O–H groups in total. The fourth-order valence-corrected chi connectivity index (χ4v) is 1.98. The first-order valence-electron chi connectivity index (χ1n) is 5.70. The van der Waals surface area contributed by atoms with Gasteiger partial charge in [-0.15, -0.1) is 11.8 Å². The second kappa shape index (κ2) is 4.56. The highest BCUT2D eigenvalue weighted by Gasteiger charge is 2.42. The smallest absolute Gasteiger partial charge is 0.245 e. The SMILES string of the molecule is CC#CCCN1CC(=O)NC(C2CC2)C1=O. The van der Waals surface area contributed by atoms with Crippen LogP contribution in [-0.4, -0.2) is 35.8 Å². The standard InChI is InChI=1S/C12H16N2O2/c1-2-3-4-7-14-8-10(15)13-11(12(14)16)9-5-6-9/h9,11H,4-8H2,1H3,(H,13,15). The number of rotatable bonds is 3. The lowest BCUT2D eigenvalue weighted by atomic mass is 10.1. The molecule has 86 valence electrons. The van der Waals surface area contributed by atoms with Crippen molar-refractivity contribution in [3.63, 3.8) is 0 Å². The molecule has 1 saturated carbocycles. The highest BCUT2D eigenvalue weighted by molar-refractivity contribution is 5.95. The Morgan fingerprint density at radius 2 is 2.19 bits per heavy atom. The van der Waals surface area contributed by atoms with Crippen LogP contribution in [-0.2, 0) is 9.59 Å². The Morgan fingerprint density at radius 3 is 2.81 bits per heavy atom. The van der Waals surface area contributed by atoms with Gasteiger partial charge in [0.15, 0.2) is 0 Å². The van der Waals surface area contributed by atoms with Crippen LogP contribution >= 0.6 is 0 Å². The van der Waals surface area contributed by atoms with Gasteiger partial charge >= 0.3 is 0 Å². The number of piperazine rings is 1. The molecule has 4 nitrogen and oxygen atoms in total. The second-order valence-corrected chi connectivity index (χ2v) is 4.32. The highest BCUT2D eigenvalue weighted by atomic mass is 16.2. The third-order valence-corrected chi connectivity index (χ3v) is 3.01. The molecule has 2 rings (SSSR count). The molecule has 0 bridgehead atoms. The van der Waals surface area contributed by atoms with Gasteiger partial charge in [-0.05, 0) is 25.7 Å². The zero-order valence-electron chi connectivity index (χ0n) is 9.45. The van der Waals surface area contributed by atoms with Crippen molar-refractivity contribution in [3.05, 3.63) is 0 Å². The van der Waals surface area contributed by atoms with Gasteiger partial charge < -0.3 is 10.2 Å². The number of carbonyl (C=O) groups excluding carboxylic acids is 2. The normalized spacial score (nSPS) is 24.8. The van der Waals surface area contributed by atoms with Crippen LogP contribution in [0.3, 0.4) is 0 Å². The second-order valence-electron chi connectivity index (χ2n) is 4.32. The van der Waals surface area contributed by atoms with E-state index in [9.17, 15) is 9.59 Å². The summed E-state index contributed by atoms with van der Waals surface area (Å²) in [6.07, 6.45) is 2.76. The van der Waals surface area contributed by atoms with Crippen LogP contribution in [0.4, 0.5) is 0 Å². The molecule has 0 aromatic heterocycles. The Labute approximate surface area is 95.4 Å². The van der Waals surface area contributed by atoms with Crippen molar-refractivity contribution in [2.75, 3.05) is 13.1 Å². The Morgan fingerprint density at radius 1 is 1.44 bits per heavy atom. The minimum Gasteiger partial charge on any atom is -0.342 e. The lowest BCUT2D eigenvalue weighted by Gasteiger charge is -2.32. The van der Waals surface area contributed by atoms with Crippen LogP contribution in [0.2, 0.25) is 0 Å². The molecule has 0 radical (unpaired) electrons. The number of hydrogen-bond donors (Lipinski definition) is 1. The van der Waals surface area contributed by atoms with Crippen LogP contribution in [0.1, 0.15) is 26.2 Å². The number of hydrogen-bond acceptors (Lipinski definition) is 2. The number of carbonyl (C=O) groups is 2. The third-order valence-electron chi connectivity index (χ3n) is 3.01. The number of nitrogens with one attached hydrogen (secondary N) is 1. The van der Waals surface area contributed by atoms with E-state index in [1.807, 2.05) is 0 Å². The van der Waals surface area contributed by atoms with E-state index >= 15 is 0 Å². The largest absolute Gasteiger partial charge is 0.342 e. The van der Waals surface area contributed by atoms with E-state index in [0.29, 0.717) is 18.9 Å². The fourth-order valence-electron chi connectivity index (χ4n) is 1.98. The van der Waals surface area contributed by atoms with Gasteiger partial charge in [0, 0.05) is 13.0 Å². The molecule has 1 saturated heterocycles. The average Bonchev–Trinajstić information content (AvgIpc) is 3.06. The molecule has 1 atom stereocenters. The summed E-state index contributed by atoms with van der Waals surface area (Å²) in [5.74, 6) is 6.11. The maximum atomic E-state index is 12.0. The molecule has 2 amide bonds. The van der Waals surface area contributed by atoms with E-state index in [0.717, 1.165) is 12.8 Å². The first kappa shape index (κ1) is 11.0. The van der Waals surface area contributed by atoms with Crippen LogP contribution in [0, 0.1) is 17.8 Å². The molecule has 4 heteroatoms. The van der Waals surface area contributed by atoms with Crippen molar-refractivity contribution in [2.45, 2.75) is 32.2 Å². The van der Waals surface area contributed by atoms with Crippen molar-refractivity contribution in [1.82, 2.24) is 10.2 Å². The molecular weight excluding hydrogens is 204 g/mol. The maximum absolute atomic E-state index is 12.0. The van der Waals surface area contributed by atoms with Gasteiger partial charge in [0.1, 0.15) is 6.04 Å². The zero-order chi connectivity index (χ0) is 11.5. The van der Waals surface area contributed by atoms with Crippen LogP contribution in [0.25, 0.3) is 0 Å². The average molecular weight is 220 g/mol. The molecule has 2 fully saturated rings. The summed E-state index contributed by atoms with van der Waals surface area (Å²) in [6.45, 7) is 2.53. The maximum Gasteiger partial charge on any atom is 0.245 e. The summed E-state index contributed by atoms with van der Waals surface area (Å²) < 4.78 is 0. The van der Waals surface area contributed by atoms with Crippen molar-refractivity contribution < 1.29 is 9.59 Å². The van der Waals surface area contributed by atoms with Gasteiger partial charge in [-0.3, -0.25) is 9.59 Å². The van der Waals surface area contributed by atoms with Gasteiger partial charge in [0.25, 0.3) is 0 Å². The van der Waals surface area contributed by atoms with E-state index in [1.54, 1.807) is 11.8 Å². The van der Waals surface area contributed by atoms with Gasteiger partial charge in [0.05, 0.1) is 6.54 Å². The molecule has 0 aromatic rings. The van der Waals surface area contributed by atoms with Gasteiger partial charge in [-0.1, -0.05) is 0 Å². The lowest BCUT2D eigenvalue weighted by Crippen LogP contribution is -2.58. The molecular formula is C12H16N2O2. The summed E-state index contributed by atoms with van der Waals surface area (Å²) in [4.78, 5) is 25.1. The lowest BCUT2D eigenvalue weighted by molar-refractivity contribution is -0.144. The topological polar surface area (TPSA) is 49.4 Å². The molecule has 0 aromatic carbocycles. The zero-order valence-corrected chi connectivity index (χ0v) is 9.45. The van der Waals surface area contributed by atoms with E-state index in [1.165, 1.54) is 0 Å². The van der Waals surface area contributed by atoms with Crippen molar-refractivity contribution in [2.24, 2.45) is 5.92 Å².